The molecule has 4 rings (SSSR count). The van der Waals surface area contributed by atoms with Gasteiger partial charge in [-0.2, -0.15) is 0 Å². The van der Waals surface area contributed by atoms with E-state index in [1.165, 1.54) is 17.0 Å². The number of ether oxygens (including phenoxy) is 2. The number of benzene rings is 3. The average molecular weight is 532 g/mol. The van der Waals surface area contributed by atoms with Crippen LogP contribution < -0.4 is 9.47 Å². The molecule has 204 valence electrons. The molecule has 1 N–H and O–H groups in total. The number of Topliss-reactive ketones (excluding diaryl/α,β-unsaturated/α-hetero) is 1. The molecule has 6 nitrogen and oxygen atoms in total. The third kappa shape index (κ3) is 6.30. The number of carbonyl (C=O) groups is 2. The lowest BCUT2D eigenvalue weighted by molar-refractivity contribution is -0.139. The Morgan fingerprint density at radius 1 is 0.923 bits per heavy atom. The normalized spacial score (nSPS) is 16.8. The molecule has 0 spiro atoms. The van der Waals surface area contributed by atoms with E-state index in [-0.39, 0.29) is 35.9 Å². The van der Waals surface area contributed by atoms with Crippen molar-refractivity contribution in [1.29, 1.82) is 0 Å². The molecule has 0 saturated carbocycles. The number of aliphatic hydroxyl groups is 1. The van der Waals surface area contributed by atoms with Crippen molar-refractivity contribution >= 4 is 17.4 Å². The summed E-state index contributed by atoms with van der Waals surface area (Å²) in [4.78, 5) is 28.1. The van der Waals surface area contributed by atoms with E-state index in [1.807, 2.05) is 34.6 Å². The van der Waals surface area contributed by atoms with Crippen molar-refractivity contribution in [1.82, 2.24) is 4.90 Å². The van der Waals surface area contributed by atoms with Gasteiger partial charge in [0.05, 0.1) is 23.8 Å². The highest BCUT2D eigenvalue weighted by atomic mass is 19.1. The molecule has 0 aromatic heterocycles. The predicted molar refractivity (Wildman–Crippen MR) is 148 cm³/mol. The van der Waals surface area contributed by atoms with Crippen molar-refractivity contribution in [2.24, 2.45) is 0 Å². The Bertz CT molecular complexity index is 1380. The van der Waals surface area contributed by atoms with Gasteiger partial charge in [0.2, 0.25) is 0 Å². The van der Waals surface area contributed by atoms with Crippen LogP contribution in [0.4, 0.5) is 4.39 Å². The molecule has 39 heavy (non-hydrogen) atoms. The number of aliphatic hydroxyl groups excluding tert-OH is 1. The number of hydrogen-bond donors (Lipinski definition) is 1. The molecule has 1 amide bonds. The third-order valence-corrected chi connectivity index (χ3v) is 6.47. The minimum Gasteiger partial charge on any atom is -0.507 e. The molecule has 1 aliphatic heterocycles. The molecule has 0 aliphatic carbocycles. The summed E-state index contributed by atoms with van der Waals surface area (Å²) in [5.74, 6) is -0.693. The highest BCUT2D eigenvalue weighted by molar-refractivity contribution is 6.46. The Morgan fingerprint density at radius 3 is 2.15 bits per heavy atom. The summed E-state index contributed by atoms with van der Waals surface area (Å²) in [7, 11) is 0. The largest absolute Gasteiger partial charge is 0.507 e. The molecule has 3 aromatic carbocycles. The number of halogens is 1. The summed E-state index contributed by atoms with van der Waals surface area (Å²) in [5.41, 5.74) is 2.74. The Morgan fingerprint density at radius 2 is 1.56 bits per heavy atom. The van der Waals surface area contributed by atoms with Crippen LogP contribution in [0.15, 0.2) is 72.3 Å². The fourth-order valence-corrected chi connectivity index (χ4v) is 4.70. The van der Waals surface area contributed by atoms with Crippen LogP contribution in [0.2, 0.25) is 0 Å². The van der Waals surface area contributed by atoms with Crippen molar-refractivity contribution in [2.75, 3.05) is 6.54 Å². The van der Waals surface area contributed by atoms with Crippen LogP contribution in [0, 0.1) is 12.7 Å². The van der Waals surface area contributed by atoms with E-state index < -0.39 is 17.7 Å². The van der Waals surface area contributed by atoms with Crippen molar-refractivity contribution < 1.29 is 28.6 Å². The first-order valence-electron chi connectivity index (χ1n) is 13.1. The second-order valence-electron chi connectivity index (χ2n) is 10.3. The number of aryl methyl sites for hydroxylation is 1. The third-order valence-electron chi connectivity index (χ3n) is 6.47. The number of amides is 1. The number of ketones is 1. The second kappa shape index (κ2) is 11.7. The number of carbonyl (C=O) groups excluding carboxylic acids is 2. The van der Waals surface area contributed by atoms with E-state index in [2.05, 4.69) is 0 Å². The summed E-state index contributed by atoms with van der Waals surface area (Å²) >= 11 is 0. The lowest BCUT2D eigenvalue weighted by Gasteiger charge is -2.26. The van der Waals surface area contributed by atoms with Gasteiger partial charge in [0.1, 0.15) is 23.1 Å². The zero-order chi connectivity index (χ0) is 28.3. The first kappa shape index (κ1) is 27.9. The molecular weight excluding hydrogens is 497 g/mol. The van der Waals surface area contributed by atoms with Crippen molar-refractivity contribution in [3.05, 3.63) is 100 Å². The highest BCUT2D eigenvalue weighted by Crippen LogP contribution is 2.40. The quantitative estimate of drug-likeness (QED) is 0.197. The number of hydrogen-bond acceptors (Lipinski definition) is 5. The summed E-state index contributed by atoms with van der Waals surface area (Å²) in [6.45, 7) is 9.79. The topological polar surface area (TPSA) is 76.1 Å². The Labute approximate surface area is 228 Å². The molecule has 1 fully saturated rings. The van der Waals surface area contributed by atoms with Crippen molar-refractivity contribution in [3.63, 3.8) is 0 Å². The Balaban J connectivity index is 1.75. The molecular formula is C32H34FNO5. The van der Waals surface area contributed by atoms with E-state index >= 15 is 0 Å². The van der Waals surface area contributed by atoms with E-state index in [0.717, 1.165) is 11.1 Å². The SMILES string of the molecule is Cc1cc(/C(O)=C2/C(=O)C(=O)N(CCc3ccc(F)cc3)C2c2ccc(OC(C)C)cc2)ccc1OC(C)C. The maximum absolute atomic E-state index is 13.4. The zero-order valence-electron chi connectivity index (χ0n) is 22.9. The summed E-state index contributed by atoms with van der Waals surface area (Å²) in [6.07, 6.45) is 0.388. The van der Waals surface area contributed by atoms with Gasteiger partial charge < -0.3 is 19.5 Å². The Hall–Kier alpha value is -4.13. The molecule has 1 unspecified atom stereocenters. The van der Waals surface area contributed by atoms with Crippen LogP contribution in [-0.2, 0) is 16.0 Å². The van der Waals surface area contributed by atoms with Gasteiger partial charge in [-0.05, 0) is 100 Å². The van der Waals surface area contributed by atoms with Crippen LogP contribution in [0.5, 0.6) is 11.5 Å². The first-order valence-corrected chi connectivity index (χ1v) is 13.1. The van der Waals surface area contributed by atoms with Crippen LogP contribution in [-0.4, -0.2) is 40.4 Å². The molecule has 1 saturated heterocycles. The van der Waals surface area contributed by atoms with Gasteiger partial charge in [0.15, 0.2) is 0 Å². The molecule has 1 heterocycles. The lowest BCUT2D eigenvalue weighted by Crippen LogP contribution is -2.31. The van der Waals surface area contributed by atoms with Gasteiger partial charge in [-0.25, -0.2) is 4.39 Å². The van der Waals surface area contributed by atoms with E-state index in [1.54, 1.807) is 54.6 Å². The fourth-order valence-electron chi connectivity index (χ4n) is 4.70. The number of nitrogens with zero attached hydrogens (tertiary/aromatic N) is 1. The highest BCUT2D eigenvalue weighted by Gasteiger charge is 2.45. The summed E-state index contributed by atoms with van der Waals surface area (Å²) in [5, 5.41) is 11.4. The zero-order valence-corrected chi connectivity index (χ0v) is 22.9. The van der Waals surface area contributed by atoms with Gasteiger partial charge in [0, 0.05) is 12.1 Å². The number of likely N-dealkylation sites (tertiary alicyclic amines) is 1. The first-order chi connectivity index (χ1) is 18.5. The predicted octanol–water partition coefficient (Wildman–Crippen LogP) is 6.37. The molecule has 1 atom stereocenters. The summed E-state index contributed by atoms with van der Waals surface area (Å²) < 4.78 is 25.0. The molecule has 0 radical (unpaired) electrons. The fraction of sp³-hybridized carbons (Fsp3) is 0.312. The molecule has 7 heteroatoms. The van der Waals surface area contributed by atoms with E-state index in [0.29, 0.717) is 29.0 Å². The Kier molecular flexibility index (Phi) is 8.38. The van der Waals surface area contributed by atoms with Crippen LogP contribution in [0.3, 0.4) is 0 Å². The van der Waals surface area contributed by atoms with Gasteiger partial charge in [-0.1, -0.05) is 24.3 Å². The average Bonchev–Trinajstić information content (AvgIpc) is 3.14. The smallest absolute Gasteiger partial charge is 0.295 e. The van der Waals surface area contributed by atoms with Crippen molar-refractivity contribution in [3.8, 4) is 11.5 Å². The molecule has 0 bridgehead atoms. The maximum atomic E-state index is 13.4. The lowest BCUT2D eigenvalue weighted by atomic mass is 9.94. The molecule has 1 aliphatic rings. The van der Waals surface area contributed by atoms with Gasteiger partial charge in [-0.15, -0.1) is 0 Å². The monoisotopic (exact) mass is 531 g/mol. The van der Waals surface area contributed by atoms with Crippen LogP contribution in [0.1, 0.15) is 56.0 Å². The van der Waals surface area contributed by atoms with E-state index in [9.17, 15) is 19.1 Å². The van der Waals surface area contributed by atoms with Crippen LogP contribution >= 0.6 is 0 Å². The van der Waals surface area contributed by atoms with Gasteiger partial charge in [0.25, 0.3) is 11.7 Å². The maximum Gasteiger partial charge on any atom is 0.295 e. The number of rotatable bonds is 9. The molecule has 3 aromatic rings. The van der Waals surface area contributed by atoms with Gasteiger partial charge in [-0.3, -0.25) is 9.59 Å². The second-order valence-corrected chi connectivity index (χ2v) is 10.3. The van der Waals surface area contributed by atoms with Crippen molar-refractivity contribution in [2.45, 2.75) is 59.3 Å². The standard InChI is InChI=1S/C32H34FNO5/c1-19(2)38-26-13-8-23(9-14-26)29-28(30(35)24-10-15-27(21(5)18-24)39-20(3)4)31(36)32(37)34(29)17-16-22-6-11-25(33)12-7-22/h6-15,18-20,29,35H,16-17H2,1-5H3/b30-28-. The van der Waals surface area contributed by atoms with Crippen LogP contribution in [0.25, 0.3) is 5.76 Å². The van der Waals surface area contributed by atoms with Gasteiger partial charge >= 0.3 is 0 Å². The minimum absolute atomic E-state index is 0.0110. The summed E-state index contributed by atoms with van der Waals surface area (Å²) in [6, 6.07) is 17.6. The minimum atomic E-state index is -0.801. The van der Waals surface area contributed by atoms with E-state index in [4.69, 9.17) is 9.47 Å².